The van der Waals surface area contributed by atoms with Crippen LogP contribution in [0.5, 0.6) is 0 Å². The van der Waals surface area contributed by atoms with Gasteiger partial charge < -0.3 is 19.8 Å². The van der Waals surface area contributed by atoms with Crippen LogP contribution in [0, 0.1) is 0 Å². The predicted molar refractivity (Wildman–Crippen MR) is 105 cm³/mol. The number of aromatic nitrogens is 2. The fourth-order valence-corrected chi connectivity index (χ4v) is 1.50. The van der Waals surface area contributed by atoms with Gasteiger partial charge >= 0.3 is 37.7 Å². The minimum atomic E-state index is -1.43. The molecule has 0 saturated carbocycles. The number of pyridine rings is 2. The Kier molecular flexibility index (Phi) is 13.2. The maximum atomic E-state index is 11.3. The van der Waals surface area contributed by atoms with E-state index >= 15 is 0 Å². The number of carbonyl (C=O) groups is 4. The average molecular weight is 452 g/mol. The van der Waals surface area contributed by atoms with Crippen molar-refractivity contribution in [2.75, 3.05) is 0 Å². The van der Waals surface area contributed by atoms with Crippen LogP contribution in [-0.4, -0.2) is 82.9 Å². The molecule has 2 rings (SSSR count). The third-order valence-corrected chi connectivity index (χ3v) is 3.13. The Morgan fingerprint density at radius 1 is 0.710 bits per heavy atom. The van der Waals surface area contributed by atoms with Crippen molar-refractivity contribution >= 4 is 72.9 Å². The van der Waals surface area contributed by atoms with Crippen molar-refractivity contribution in [1.29, 1.82) is 0 Å². The second-order valence-corrected chi connectivity index (χ2v) is 5.32. The molecule has 2 aromatic rings. The zero-order valence-corrected chi connectivity index (χ0v) is 18.8. The van der Waals surface area contributed by atoms with Crippen LogP contribution in [-0.2, 0) is 9.59 Å². The van der Waals surface area contributed by atoms with Crippen molar-refractivity contribution in [3.63, 3.8) is 0 Å². The molecule has 2 amide bonds. The van der Waals surface area contributed by atoms with Gasteiger partial charge in [0.05, 0.1) is 23.4 Å². The van der Waals surface area contributed by atoms with Crippen LogP contribution in [0.2, 0.25) is 0 Å². The summed E-state index contributed by atoms with van der Waals surface area (Å²) in [5.41, 5.74) is 4.27. The molecule has 0 saturated heterocycles. The maximum absolute atomic E-state index is 11.3. The Hall–Kier alpha value is -3.22. The third kappa shape index (κ3) is 10.9. The van der Waals surface area contributed by atoms with E-state index in [2.05, 4.69) is 31.0 Å². The first-order valence-electron chi connectivity index (χ1n) is 8.14. The molecule has 0 spiro atoms. The summed E-state index contributed by atoms with van der Waals surface area (Å²) in [6.07, 6.45) is 5.79. The molecule has 2 aromatic heterocycles. The third-order valence-electron chi connectivity index (χ3n) is 3.13. The zero-order chi connectivity index (χ0) is 22.5. The summed E-state index contributed by atoms with van der Waals surface area (Å²) in [4.78, 5) is 50.6. The van der Waals surface area contributed by atoms with Crippen molar-refractivity contribution in [3.05, 3.63) is 60.2 Å². The van der Waals surface area contributed by atoms with Gasteiger partial charge in [0.2, 0.25) is 0 Å². The van der Waals surface area contributed by atoms with Crippen LogP contribution >= 0.6 is 0 Å². The second kappa shape index (κ2) is 14.7. The molecule has 0 aliphatic carbocycles. The molecule has 0 aliphatic rings. The maximum Gasteiger partial charge on any atom is 2.00 e. The first-order valence-corrected chi connectivity index (χ1v) is 8.14. The Bertz CT molecular complexity index is 887. The molecule has 0 aromatic carbocycles. The topological polar surface area (TPSA) is 189 Å². The first kappa shape index (κ1) is 27.8. The Morgan fingerprint density at radius 3 is 1.26 bits per heavy atom. The number of hydrogen-bond donors (Lipinski definition) is 2. The molecule has 12 nitrogen and oxygen atoms in total. The normalized spacial score (nSPS) is 10.5. The molecule has 0 radical (unpaired) electrons. The van der Waals surface area contributed by atoms with Gasteiger partial charge in [0.15, 0.2) is 0 Å². The summed E-state index contributed by atoms with van der Waals surface area (Å²) in [6, 6.07) is 5.94. The van der Waals surface area contributed by atoms with E-state index in [4.69, 9.17) is 0 Å². The largest absolute Gasteiger partial charge is 2.00 e. The van der Waals surface area contributed by atoms with Gasteiger partial charge in [0, 0.05) is 35.9 Å². The molecule has 2 N–H and O–H groups in total. The van der Waals surface area contributed by atoms with Crippen molar-refractivity contribution in [1.82, 2.24) is 20.8 Å². The molecule has 0 bridgehead atoms. The van der Waals surface area contributed by atoms with Gasteiger partial charge in [-0.15, -0.1) is 0 Å². The number of hydrazone groups is 2. The van der Waals surface area contributed by atoms with E-state index in [1.807, 2.05) is 0 Å². The summed E-state index contributed by atoms with van der Waals surface area (Å²) in [7, 11) is 0. The second-order valence-electron chi connectivity index (χ2n) is 5.32. The van der Waals surface area contributed by atoms with Crippen LogP contribution in [0.4, 0.5) is 0 Å². The van der Waals surface area contributed by atoms with Gasteiger partial charge in [-0.05, 0) is 38.1 Å². The average Bonchev–Trinajstić information content (AvgIpc) is 2.76. The van der Waals surface area contributed by atoms with Crippen LogP contribution in [0.25, 0.3) is 0 Å². The van der Waals surface area contributed by atoms with Gasteiger partial charge in [-0.3, -0.25) is 19.6 Å². The molecular formula is C18H16CaN6O6. The van der Waals surface area contributed by atoms with E-state index < -0.39 is 23.8 Å². The van der Waals surface area contributed by atoms with Crippen LogP contribution in [0.3, 0.4) is 0 Å². The molecule has 156 valence electrons. The van der Waals surface area contributed by atoms with E-state index in [1.54, 1.807) is 0 Å². The first-order chi connectivity index (χ1) is 14.2. The van der Waals surface area contributed by atoms with E-state index in [0.29, 0.717) is 11.1 Å². The molecule has 0 aliphatic heterocycles. The SMILES string of the molecule is C/C(=N\NC(=O)c1ccncc1)C(=O)[O-].C/C(=N\NC(=O)c1ccncc1)C(=O)[O-].[Ca+2]. The minimum absolute atomic E-state index is 0. The van der Waals surface area contributed by atoms with Gasteiger partial charge in [-0.25, -0.2) is 10.9 Å². The Labute approximate surface area is 206 Å². The van der Waals surface area contributed by atoms with E-state index in [-0.39, 0.29) is 49.2 Å². The number of carbonyl (C=O) groups excluding carboxylic acids is 4. The summed E-state index contributed by atoms with van der Waals surface area (Å²) < 4.78 is 0. The number of rotatable bonds is 6. The van der Waals surface area contributed by atoms with Crippen molar-refractivity contribution in [3.8, 4) is 0 Å². The monoisotopic (exact) mass is 452 g/mol. The number of aliphatic carboxylic acids is 2. The molecule has 0 unspecified atom stereocenters. The summed E-state index contributed by atoms with van der Waals surface area (Å²) in [5.74, 6) is -3.86. The fourth-order valence-electron chi connectivity index (χ4n) is 1.50. The van der Waals surface area contributed by atoms with E-state index in [9.17, 15) is 29.4 Å². The molecule has 31 heavy (non-hydrogen) atoms. The van der Waals surface area contributed by atoms with Gasteiger partial charge in [-0.1, -0.05) is 0 Å². The number of carboxylic acid groups (broad SMARTS) is 2. The van der Waals surface area contributed by atoms with Gasteiger partial charge in [-0.2, -0.15) is 10.2 Å². The molecule has 0 fully saturated rings. The number of hydrogen-bond acceptors (Lipinski definition) is 10. The summed E-state index contributed by atoms with van der Waals surface area (Å²) in [6.45, 7) is 2.45. The van der Waals surface area contributed by atoms with Gasteiger partial charge in [0.25, 0.3) is 11.8 Å². The van der Waals surface area contributed by atoms with Crippen LogP contribution in [0.1, 0.15) is 34.6 Å². The Balaban J connectivity index is 0.000000562. The molecule has 13 heteroatoms. The van der Waals surface area contributed by atoms with Crippen molar-refractivity contribution < 1.29 is 29.4 Å². The smallest absolute Gasteiger partial charge is 0.543 e. The van der Waals surface area contributed by atoms with Crippen LogP contribution in [0.15, 0.2) is 59.3 Å². The van der Waals surface area contributed by atoms with Gasteiger partial charge in [0.1, 0.15) is 0 Å². The predicted octanol–water partition coefficient (Wildman–Crippen LogP) is -2.51. The van der Waals surface area contributed by atoms with Crippen molar-refractivity contribution in [2.24, 2.45) is 10.2 Å². The molecule has 2 heterocycles. The summed E-state index contributed by atoms with van der Waals surface area (Å²) >= 11 is 0. The van der Waals surface area contributed by atoms with Crippen molar-refractivity contribution in [2.45, 2.75) is 13.8 Å². The fraction of sp³-hybridized carbons (Fsp3) is 0.111. The molecule has 0 atom stereocenters. The number of amides is 2. The number of nitrogens with one attached hydrogen (secondary N) is 2. The quantitative estimate of drug-likeness (QED) is 0.273. The standard InChI is InChI=1S/2C9H9N3O3.Ca/c2*1-6(9(14)15)11-12-8(13)7-2-4-10-5-3-7;/h2*2-5H,1H3,(H,12,13)(H,14,15);/q;;+2/p-2/b2*11-6+;. The van der Waals surface area contributed by atoms with E-state index in [1.165, 1.54) is 62.9 Å². The Morgan fingerprint density at radius 2 is 1.00 bits per heavy atom. The number of nitrogens with zero attached hydrogens (tertiary/aromatic N) is 4. The molecular weight excluding hydrogens is 436 g/mol. The summed E-state index contributed by atoms with van der Waals surface area (Å²) in [5, 5.41) is 27.2. The zero-order valence-electron chi connectivity index (χ0n) is 16.6. The number of carboxylic acids is 2. The van der Waals surface area contributed by atoms with E-state index in [0.717, 1.165) is 0 Å². The minimum Gasteiger partial charge on any atom is -0.543 e. The van der Waals surface area contributed by atoms with Crippen LogP contribution < -0.4 is 21.1 Å².